The Hall–Kier alpha value is -4.37. The molecule has 0 saturated carbocycles. The highest BCUT2D eigenvalue weighted by molar-refractivity contribution is 7.85. The molecule has 1 saturated heterocycles. The van der Waals surface area contributed by atoms with Gasteiger partial charge in [-0.3, -0.25) is 9.59 Å². The van der Waals surface area contributed by atoms with Crippen LogP contribution in [0.1, 0.15) is 26.3 Å². The van der Waals surface area contributed by atoms with Crippen molar-refractivity contribution >= 4 is 34.1 Å². The van der Waals surface area contributed by atoms with Crippen LogP contribution in [0, 0.1) is 5.82 Å². The molecule has 0 aliphatic carbocycles. The van der Waals surface area contributed by atoms with E-state index in [0.29, 0.717) is 58.3 Å². The van der Waals surface area contributed by atoms with Crippen molar-refractivity contribution in [1.29, 1.82) is 0 Å². The minimum atomic E-state index is -1.66. The molecule has 0 bridgehead atoms. The van der Waals surface area contributed by atoms with Gasteiger partial charge in [0.15, 0.2) is 0 Å². The van der Waals surface area contributed by atoms with E-state index >= 15 is 0 Å². The summed E-state index contributed by atoms with van der Waals surface area (Å²) < 4.78 is 28.3. The minimum Gasteiger partial charge on any atom is -0.353 e. The molecule has 0 spiro atoms. The quantitative estimate of drug-likeness (QED) is 0.381. The van der Waals surface area contributed by atoms with Crippen molar-refractivity contribution in [2.24, 2.45) is 0 Å². The number of hydrogen-bond donors (Lipinski definition) is 0. The maximum atomic E-state index is 14.7. The molecular weight excluding hydrogens is 515 g/mol. The van der Waals surface area contributed by atoms with Crippen LogP contribution in [0.2, 0.25) is 0 Å². The van der Waals surface area contributed by atoms with Gasteiger partial charge in [-0.2, -0.15) is 0 Å². The van der Waals surface area contributed by atoms with Crippen molar-refractivity contribution < 1.29 is 18.2 Å². The van der Waals surface area contributed by atoms with Crippen LogP contribution >= 0.6 is 0 Å². The highest BCUT2D eigenvalue weighted by Crippen LogP contribution is 2.36. The number of aromatic nitrogens is 1. The standard InChI is InChI=1S/C30H25FN4O3S/c31-24-9-3-1-7-22(24)20-35-25-19-21(12-13-27(25)39(38)26-10-4-2-8-23(26)30(35)37)29(36)34-17-15-33(16-18-34)28-11-5-6-14-32-28/h1-14,19H,15-18,20H2/t39-/m1/s1. The average molecular weight is 541 g/mol. The summed E-state index contributed by atoms with van der Waals surface area (Å²) in [4.78, 5) is 37.9. The maximum absolute atomic E-state index is 14.7. The molecule has 1 atom stereocenters. The van der Waals surface area contributed by atoms with Gasteiger partial charge in [-0.25, -0.2) is 13.6 Å². The van der Waals surface area contributed by atoms with Crippen molar-refractivity contribution in [2.45, 2.75) is 16.3 Å². The first-order valence-electron chi connectivity index (χ1n) is 12.7. The van der Waals surface area contributed by atoms with E-state index in [9.17, 15) is 18.2 Å². The molecule has 2 aliphatic rings. The smallest absolute Gasteiger partial charge is 0.259 e. The first kappa shape index (κ1) is 24.9. The summed E-state index contributed by atoms with van der Waals surface area (Å²) >= 11 is 0. The highest BCUT2D eigenvalue weighted by Gasteiger charge is 2.33. The third-order valence-corrected chi connectivity index (χ3v) is 8.59. The molecule has 0 N–H and O–H groups in total. The molecule has 2 amide bonds. The highest BCUT2D eigenvalue weighted by atomic mass is 32.2. The summed E-state index contributed by atoms with van der Waals surface area (Å²) in [5.74, 6) is -0.138. The molecule has 4 aromatic rings. The van der Waals surface area contributed by atoms with E-state index in [4.69, 9.17) is 0 Å². The number of carbonyl (C=O) groups excluding carboxylic acids is 2. The van der Waals surface area contributed by atoms with E-state index in [1.807, 2.05) is 18.2 Å². The zero-order valence-corrected chi connectivity index (χ0v) is 21.8. The number of fused-ring (bicyclic) bond motifs is 2. The zero-order chi connectivity index (χ0) is 26.9. The molecule has 1 aromatic heterocycles. The molecule has 196 valence electrons. The summed E-state index contributed by atoms with van der Waals surface area (Å²) in [6, 6.07) is 23.7. The first-order valence-corrected chi connectivity index (χ1v) is 13.8. The van der Waals surface area contributed by atoms with Gasteiger partial charge in [0.1, 0.15) is 11.6 Å². The number of piperazine rings is 1. The largest absolute Gasteiger partial charge is 0.353 e. The van der Waals surface area contributed by atoms with Crippen molar-refractivity contribution in [2.75, 3.05) is 36.0 Å². The second-order valence-corrected chi connectivity index (χ2v) is 10.8. The molecule has 1 fully saturated rings. The van der Waals surface area contributed by atoms with Gasteiger partial charge in [-0.15, -0.1) is 0 Å². The summed E-state index contributed by atoms with van der Waals surface area (Å²) in [7, 11) is -1.66. The molecule has 39 heavy (non-hydrogen) atoms. The summed E-state index contributed by atoms with van der Waals surface area (Å²) in [5, 5.41) is 0. The number of anilines is 2. The number of benzene rings is 3. The fourth-order valence-corrected chi connectivity index (χ4v) is 6.36. The fraction of sp³-hybridized carbons (Fsp3) is 0.167. The Bertz CT molecular complexity index is 1590. The van der Waals surface area contributed by atoms with Crippen molar-refractivity contribution in [3.8, 4) is 0 Å². The van der Waals surface area contributed by atoms with Gasteiger partial charge < -0.3 is 14.7 Å². The van der Waals surface area contributed by atoms with E-state index in [1.165, 1.54) is 11.0 Å². The van der Waals surface area contributed by atoms with Crippen LogP contribution in [0.15, 0.2) is 101 Å². The van der Waals surface area contributed by atoms with Gasteiger partial charge in [0.2, 0.25) is 0 Å². The predicted octanol–water partition coefficient (Wildman–Crippen LogP) is 4.51. The van der Waals surface area contributed by atoms with Crippen LogP contribution in [0.3, 0.4) is 0 Å². The summed E-state index contributed by atoms with van der Waals surface area (Å²) in [5.41, 5.74) is 1.34. The van der Waals surface area contributed by atoms with Crippen LogP contribution in [0.4, 0.5) is 15.9 Å². The van der Waals surface area contributed by atoms with Gasteiger partial charge in [0.05, 0.1) is 38.4 Å². The van der Waals surface area contributed by atoms with Crippen molar-refractivity contribution in [3.63, 3.8) is 0 Å². The lowest BCUT2D eigenvalue weighted by molar-refractivity contribution is 0.0746. The summed E-state index contributed by atoms with van der Waals surface area (Å²) in [6.07, 6.45) is 1.75. The first-order chi connectivity index (χ1) is 19.0. The molecule has 7 nitrogen and oxygen atoms in total. The van der Waals surface area contributed by atoms with Crippen LogP contribution < -0.4 is 9.80 Å². The average Bonchev–Trinajstić information content (AvgIpc) is 3.07. The van der Waals surface area contributed by atoms with E-state index in [2.05, 4.69) is 9.88 Å². The van der Waals surface area contributed by atoms with E-state index in [1.54, 1.807) is 71.8 Å². The lowest BCUT2D eigenvalue weighted by Crippen LogP contribution is -2.49. The van der Waals surface area contributed by atoms with Crippen LogP contribution in [0.25, 0.3) is 0 Å². The molecule has 9 heteroatoms. The van der Waals surface area contributed by atoms with Gasteiger partial charge in [-0.1, -0.05) is 36.4 Å². The van der Waals surface area contributed by atoms with Crippen LogP contribution in [-0.2, 0) is 17.3 Å². The number of amides is 2. The number of halogens is 1. The minimum absolute atomic E-state index is 0.0650. The second-order valence-electron chi connectivity index (χ2n) is 9.40. The van der Waals surface area contributed by atoms with Gasteiger partial charge in [0.25, 0.3) is 11.8 Å². The zero-order valence-electron chi connectivity index (χ0n) is 21.0. The van der Waals surface area contributed by atoms with Crippen molar-refractivity contribution in [3.05, 3.63) is 114 Å². The maximum Gasteiger partial charge on any atom is 0.259 e. The Morgan fingerprint density at radius 1 is 0.872 bits per heavy atom. The lowest BCUT2D eigenvalue weighted by atomic mass is 10.1. The Morgan fingerprint density at radius 2 is 1.62 bits per heavy atom. The SMILES string of the molecule is O=C(c1ccc2c(c1)N(Cc1ccccc1F)C(=O)c1ccccc1[S@]2=O)N1CCN(c2ccccn2)CC1. The fourth-order valence-electron chi connectivity index (χ4n) is 5.01. The topological polar surface area (TPSA) is 73.8 Å². The molecule has 0 unspecified atom stereocenters. The Labute approximate surface area is 228 Å². The number of pyridine rings is 1. The van der Waals surface area contributed by atoms with Gasteiger partial charge in [0, 0.05) is 43.5 Å². The molecule has 3 aromatic carbocycles. The van der Waals surface area contributed by atoms with Crippen molar-refractivity contribution in [1.82, 2.24) is 9.88 Å². The Balaban J connectivity index is 1.34. The molecule has 0 radical (unpaired) electrons. The Morgan fingerprint density at radius 3 is 2.38 bits per heavy atom. The normalized spacial score (nSPS) is 16.9. The molecule has 6 rings (SSSR count). The number of nitrogens with zero attached hydrogens (tertiary/aromatic N) is 4. The Kier molecular flexibility index (Phi) is 6.66. The summed E-state index contributed by atoms with van der Waals surface area (Å²) in [6.45, 7) is 2.25. The second kappa shape index (κ2) is 10.4. The van der Waals surface area contributed by atoms with Crippen LogP contribution in [0.5, 0.6) is 0 Å². The number of hydrogen-bond acceptors (Lipinski definition) is 5. The molecular formula is C30H25FN4O3S. The molecule has 3 heterocycles. The van der Waals surface area contributed by atoms with E-state index in [-0.39, 0.29) is 12.5 Å². The lowest BCUT2D eigenvalue weighted by Gasteiger charge is -2.35. The third kappa shape index (κ3) is 4.70. The predicted molar refractivity (Wildman–Crippen MR) is 147 cm³/mol. The monoisotopic (exact) mass is 540 g/mol. The third-order valence-electron chi connectivity index (χ3n) is 7.09. The van der Waals surface area contributed by atoms with Crippen LogP contribution in [-0.4, -0.2) is 52.1 Å². The number of rotatable bonds is 4. The van der Waals surface area contributed by atoms with Gasteiger partial charge >= 0.3 is 0 Å². The van der Waals surface area contributed by atoms with E-state index in [0.717, 1.165) is 5.82 Å². The molecule has 2 aliphatic heterocycles. The number of carbonyl (C=O) groups is 2. The van der Waals surface area contributed by atoms with E-state index < -0.39 is 22.5 Å². The van der Waals surface area contributed by atoms with Gasteiger partial charge in [-0.05, 0) is 48.5 Å².